The molecule has 0 aromatic carbocycles. The lowest BCUT2D eigenvalue weighted by atomic mass is 10.1. The van der Waals surface area contributed by atoms with Crippen molar-refractivity contribution in [3.8, 4) is 0 Å². The van der Waals surface area contributed by atoms with Gasteiger partial charge in [-0.15, -0.1) is 0 Å². The maximum atomic E-state index is 12.6. The van der Waals surface area contributed by atoms with Gasteiger partial charge in [-0.05, 0) is 19.4 Å². The van der Waals surface area contributed by atoms with Crippen molar-refractivity contribution in [2.75, 3.05) is 26.8 Å². The standard InChI is InChI=1S/C14H19N3O4/c1-4-11-10(7-9(2)15-16-11)13(18)17-5-6-21-12(8-17)14(19)20-3/h7,12H,4-6,8H2,1-3H3. The minimum absolute atomic E-state index is 0.151. The van der Waals surface area contributed by atoms with Crippen LogP contribution in [0.15, 0.2) is 6.07 Å². The second-order valence-corrected chi connectivity index (χ2v) is 4.83. The summed E-state index contributed by atoms with van der Waals surface area (Å²) in [5.74, 6) is -0.616. The summed E-state index contributed by atoms with van der Waals surface area (Å²) in [6.07, 6.45) is -0.104. The Morgan fingerprint density at radius 3 is 2.90 bits per heavy atom. The summed E-state index contributed by atoms with van der Waals surface area (Å²) in [6.45, 7) is 4.66. The molecule has 1 fully saturated rings. The molecule has 2 heterocycles. The smallest absolute Gasteiger partial charge is 0.336 e. The first kappa shape index (κ1) is 15.4. The van der Waals surface area contributed by atoms with E-state index in [9.17, 15) is 9.59 Å². The first-order valence-corrected chi connectivity index (χ1v) is 6.88. The molecule has 7 heteroatoms. The first-order chi connectivity index (χ1) is 10.1. The zero-order valence-electron chi connectivity index (χ0n) is 12.5. The molecule has 1 aromatic rings. The zero-order valence-corrected chi connectivity index (χ0v) is 12.5. The number of morpholine rings is 1. The van der Waals surface area contributed by atoms with E-state index in [1.165, 1.54) is 7.11 Å². The number of rotatable bonds is 3. The number of carbonyl (C=O) groups is 2. The molecule has 0 N–H and O–H groups in total. The van der Waals surface area contributed by atoms with Gasteiger partial charge in [0.2, 0.25) is 0 Å². The first-order valence-electron chi connectivity index (χ1n) is 6.88. The summed E-state index contributed by atoms with van der Waals surface area (Å²) in [5.41, 5.74) is 1.88. The van der Waals surface area contributed by atoms with Gasteiger partial charge in [0.15, 0.2) is 6.10 Å². The molecule has 1 aliphatic heterocycles. The molecular weight excluding hydrogens is 274 g/mol. The molecule has 1 aliphatic rings. The average Bonchev–Trinajstić information content (AvgIpc) is 2.53. The number of amides is 1. The van der Waals surface area contributed by atoms with Crippen molar-refractivity contribution in [3.05, 3.63) is 23.0 Å². The van der Waals surface area contributed by atoms with Crippen LogP contribution in [0.2, 0.25) is 0 Å². The highest BCUT2D eigenvalue weighted by Crippen LogP contribution is 2.15. The number of hydrogen-bond donors (Lipinski definition) is 0. The second-order valence-electron chi connectivity index (χ2n) is 4.83. The number of aryl methyl sites for hydroxylation is 2. The van der Waals surface area contributed by atoms with E-state index in [0.717, 1.165) is 0 Å². The van der Waals surface area contributed by atoms with Crippen LogP contribution in [0.4, 0.5) is 0 Å². The molecule has 7 nitrogen and oxygen atoms in total. The number of nitrogens with zero attached hydrogens (tertiary/aromatic N) is 3. The van der Waals surface area contributed by atoms with Crippen molar-refractivity contribution in [2.24, 2.45) is 0 Å². The van der Waals surface area contributed by atoms with Crippen molar-refractivity contribution < 1.29 is 19.1 Å². The summed E-state index contributed by atoms with van der Waals surface area (Å²) >= 11 is 0. The Hall–Kier alpha value is -2.02. The predicted octanol–water partition coefficient (Wildman–Crippen LogP) is 0.361. The van der Waals surface area contributed by atoms with E-state index in [0.29, 0.717) is 36.5 Å². The molecule has 1 atom stereocenters. The van der Waals surface area contributed by atoms with Crippen molar-refractivity contribution in [1.29, 1.82) is 0 Å². The minimum atomic E-state index is -0.728. The van der Waals surface area contributed by atoms with E-state index in [2.05, 4.69) is 14.9 Å². The molecule has 0 spiro atoms. The van der Waals surface area contributed by atoms with Crippen LogP contribution in [0.1, 0.15) is 28.7 Å². The Morgan fingerprint density at radius 2 is 2.24 bits per heavy atom. The third-order valence-electron chi connectivity index (χ3n) is 3.38. The quantitative estimate of drug-likeness (QED) is 0.749. The molecule has 21 heavy (non-hydrogen) atoms. The van der Waals surface area contributed by atoms with Gasteiger partial charge in [0, 0.05) is 6.54 Å². The van der Waals surface area contributed by atoms with Gasteiger partial charge in [0.25, 0.3) is 5.91 Å². The van der Waals surface area contributed by atoms with Gasteiger partial charge in [0.05, 0.1) is 37.2 Å². The lowest BCUT2D eigenvalue weighted by Crippen LogP contribution is -2.49. The van der Waals surface area contributed by atoms with E-state index in [-0.39, 0.29) is 12.5 Å². The van der Waals surface area contributed by atoms with Gasteiger partial charge in [0.1, 0.15) is 0 Å². The SMILES string of the molecule is CCc1nnc(C)cc1C(=O)N1CCOC(C(=O)OC)C1. The molecule has 114 valence electrons. The van der Waals surface area contributed by atoms with Crippen LogP contribution < -0.4 is 0 Å². The van der Waals surface area contributed by atoms with Gasteiger partial charge < -0.3 is 14.4 Å². The Morgan fingerprint density at radius 1 is 1.48 bits per heavy atom. The summed E-state index contributed by atoms with van der Waals surface area (Å²) in [6, 6.07) is 1.73. The summed E-state index contributed by atoms with van der Waals surface area (Å²) in [7, 11) is 1.30. The fourth-order valence-electron chi connectivity index (χ4n) is 2.24. The van der Waals surface area contributed by atoms with Crippen molar-refractivity contribution >= 4 is 11.9 Å². The summed E-state index contributed by atoms with van der Waals surface area (Å²) < 4.78 is 9.99. The predicted molar refractivity (Wildman–Crippen MR) is 73.8 cm³/mol. The Kier molecular flexibility index (Phi) is 4.85. The van der Waals surface area contributed by atoms with E-state index in [1.807, 2.05) is 6.92 Å². The van der Waals surface area contributed by atoms with Crippen LogP contribution in [0.3, 0.4) is 0 Å². The van der Waals surface area contributed by atoms with E-state index < -0.39 is 12.1 Å². The molecule has 0 radical (unpaired) electrons. The van der Waals surface area contributed by atoms with Crippen LogP contribution in [0.5, 0.6) is 0 Å². The number of aromatic nitrogens is 2. The number of hydrogen-bond acceptors (Lipinski definition) is 6. The highest BCUT2D eigenvalue weighted by Gasteiger charge is 2.31. The number of carbonyl (C=O) groups excluding carboxylic acids is 2. The zero-order chi connectivity index (χ0) is 15.4. The van der Waals surface area contributed by atoms with Gasteiger partial charge >= 0.3 is 5.97 Å². The van der Waals surface area contributed by atoms with E-state index in [4.69, 9.17) is 4.74 Å². The van der Waals surface area contributed by atoms with Crippen LogP contribution >= 0.6 is 0 Å². The Balaban J connectivity index is 2.19. The van der Waals surface area contributed by atoms with Crippen molar-refractivity contribution in [1.82, 2.24) is 15.1 Å². The third kappa shape index (κ3) is 3.36. The monoisotopic (exact) mass is 293 g/mol. The molecular formula is C14H19N3O4. The van der Waals surface area contributed by atoms with Crippen LogP contribution in [0, 0.1) is 6.92 Å². The summed E-state index contributed by atoms with van der Waals surface area (Å²) in [5, 5.41) is 8.04. The van der Waals surface area contributed by atoms with Crippen molar-refractivity contribution in [2.45, 2.75) is 26.4 Å². The second kappa shape index (κ2) is 6.62. The lowest BCUT2D eigenvalue weighted by Gasteiger charge is -2.31. The van der Waals surface area contributed by atoms with Crippen LogP contribution in [-0.2, 0) is 20.7 Å². The Labute approximate surface area is 123 Å². The van der Waals surface area contributed by atoms with Gasteiger partial charge in [-0.1, -0.05) is 6.92 Å². The maximum absolute atomic E-state index is 12.6. The Bertz CT molecular complexity index is 547. The fraction of sp³-hybridized carbons (Fsp3) is 0.571. The third-order valence-corrected chi connectivity index (χ3v) is 3.38. The van der Waals surface area contributed by atoms with Gasteiger partial charge in [-0.3, -0.25) is 4.79 Å². The highest BCUT2D eigenvalue weighted by molar-refractivity contribution is 5.95. The topological polar surface area (TPSA) is 81.6 Å². The van der Waals surface area contributed by atoms with Gasteiger partial charge in [-0.25, -0.2) is 4.79 Å². The summed E-state index contributed by atoms with van der Waals surface area (Å²) in [4.78, 5) is 25.8. The van der Waals surface area contributed by atoms with Crippen LogP contribution in [-0.4, -0.2) is 59.9 Å². The van der Waals surface area contributed by atoms with E-state index >= 15 is 0 Å². The number of esters is 1. The highest BCUT2D eigenvalue weighted by atomic mass is 16.6. The molecule has 0 saturated carbocycles. The number of ether oxygens (including phenoxy) is 2. The molecule has 2 rings (SSSR count). The molecule has 0 aliphatic carbocycles. The lowest BCUT2D eigenvalue weighted by molar-refractivity contribution is -0.158. The van der Waals surface area contributed by atoms with Crippen molar-refractivity contribution in [3.63, 3.8) is 0 Å². The molecule has 1 saturated heterocycles. The average molecular weight is 293 g/mol. The normalized spacial score (nSPS) is 18.4. The minimum Gasteiger partial charge on any atom is -0.467 e. The molecule has 1 unspecified atom stereocenters. The van der Waals surface area contributed by atoms with E-state index in [1.54, 1.807) is 17.9 Å². The molecule has 1 aromatic heterocycles. The maximum Gasteiger partial charge on any atom is 0.336 e. The fourth-order valence-corrected chi connectivity index (χ4v) is 2.24. The molecule has 1 amide bonds. The molecule has 0 bridgehead atoms. The largest absolute Gasteiger partial charge is 0.467 e. The van der Waals surface area contributed by atoms with Crippen LogP contribution in [0.25, 0.3) is 0 Å². The van der Waals surface area contributed by atoms with Gasteiger partial charge in [-0.2, -0.15) is 10.2 Å². The number of methoxy groups -OCH3 is 1.